The van der Waals surface area contributed by atoms with Crippen molar-refractivity contribution in [3.05, 3.63) is 23.8 Å². The molecule has 0 aromatic heterocycles. The van der Waals surface area contributed by atoms with E-state index in [1.807, 2.05) is 18.2 Å². The van der Waals surface area contributed by atoms with Gasteiger partial charge in [-0.3, -0.25) is 11.3 Å². The topological polar surface area (TPSA) is 56.5 Å². The molecule has 4 nitrogen and oxygen atoms in total. The van der Waals surface area contributed by atoms with Gasteiger partial charge in [-0.25, -0.2) is 0 Å². The molecular weight excluding hydrogens is 228 g/mol. The molecule has 4 heteroatoms. The van der Waals surface area contributed by atoms with Crippen molar-refractivity contribution >= 4 is 0 Å². The summed E-state index contributed by atoms with van der Waals surface area (Å²) < 4.78 is 10.8. The van der Waals surface area contributed by atoms with Crippen molar-refractivity contribution in [2.24, 2.45) is 11.8 Å². The average molecular weight is 250 g/mol. The van der Waals surface area contributed by atoms with Gasteiger partial charge in [-0.2, -0.15) is 0 Å². The van der Waals surface area contributed by atoms with Crippen LogP contribution in [0, 0.1) is 5.92 Å². The fourth-order valence-electron chi connectivity index (χ4n) is 2.34. The van der Waals surface area contributed by atoms with E-state index in [1.54, 1.807) is 14.2 Å². The van der Waals surface area contributed by atoms with Crippen LogP contribution in [-0.2, 0) is 0 Å². The Kier molecular flexibility index (Phi) is 4.44. The Morgan fingerprint density at radius 3 is 2.33 bits per heavy atom. The minimum Gasteiger partial charge on any atom is -0.496 e. The molecule has 18 heavy (non-hydrogen) atoms. The maximum absolute atomic E-state index is 5.70. The molecule has 1 aromatic carbocycles. The fourth-order valence-corrected chi connectivity index (χ4v) is 2.34. The fraction of sp³-hybridized carbons (Fsp3) is 0.571. The molecule has 1 fully saturated rings. The molecular formula is C14H22N2O2. The van der Waals surface area contributed by atoms with E-state index < -0.39 is 0 Å². The van der Waals surface area contributed by atoms with Crippen LogP contribution >= 0.6 is 0 Å². The number of hydrogen-bond donors (Lipinski definition) is 2. The molecule has 2 rings (SSSR count). The first kappa shape index (κ1) is 13.2. The minimum atomic E-state index is 0.0803. The van der Waals surface area contributed by atoms with E-state index >= 15 is 0 Å². The average Bonchev–Trinajstić information content (AvgIpc) is 3.23. The summed E-state index contributed by atoms with van der Waals surface area (Å²) in [5, 5.41) is 0. The van der Waals surface area contributed by atoms with Gasteiger partial charge in [-0.05, 0) is 30.9 Å². The van der Waals surface area contributed by atoms with Crippen molar-refractivity contribution < 1.29 is 9.47 Å². The summed E-state index contributed by atoms with van der Waals surface area (Å²) in [7, 11) is 3.35. The summed E-state index contributed by atoms with van der Waals surface area (Å²) >= 11 is 0. The van der Waals surface area contributed by atoms with E-state index in [0.29, 0.717) is 0 Å². The van der Waals surface area contributed by atoms with Gasteiger partial charge in [0.2, 0.25) is 0 Å². The van der Waals surface area contributed by atoms with Crippen molar-refractivity contribution in [3.8, 4) is 11.5 Å². The molecule has 0 radical (unpaired) electrons. The van der Waals surface area contributed by atoms with Gasteiger partial charge in [-0.1, -0.05) is 18.9 Å². The summed E-state index contributed by atoms with van der Waals surface area (Å²) in [4.78, 5) is 0. The second kappa shape index (κ2) is 6.07. The first-order valence-corrected chi connectivity index (χ1v) is 6.47. The minimum absolute atomic E-state index is 0.0803. The van der Waals surface area contributed by atoms with E-state index in [9.17, 15) is 0 Å². The van der Waals surface area contributed by atoms with Crippen LogP contribution in [0.15, 0.2) is 18.2 Å². The molecule has 1 aliphatic carbocycles. The van der Waals surface area contributed by atoms with Crippen LogP contribution in [0.3, 0.4) is 0 Å². The third-order valence-corrected chi connectivity index (χ3v) is 3.58. The van der Waals surface area contributed by atoms with Crippen LogP contribution in [0.2, 0.25) is 0 Å². The molecule has 3 N–H and O–H groups in total. The summed E-state index contributed by atoms with van der Waals surface area (Å²) in [6.45, 7) is 0. The molecule has 0 bridgehead atoms. The first-order chi connectivity index (χ1) is 8.80. The molecule has 0 heterocycles. The number of rotatable bonds is 7. The lowest BCUT2D eigenvalue weighted by atomic mass is 9.99. The monoisotopic (exact) mass is 250 g/mol. The normalized spacial score (nSPS) is 16.4. The Labute approximate surface area is 108 Å². The lowest BCUT2D eigenvalue weighted by molar-refractivity contribution is 0.363. The summed E-state index contributed by atoms with van der Waals surface area (Å²) in [6.07, 6.45) is 4.94. The highest BCUT2D eigenvalue weighted by Gasteiger charge is 2.25. The van der Waals surface area contributed by atoms with E-state index in [2.05, 4.69) is 5.43 Å². The van der Waals surface area contributed by atoms with Crippen molar-refractivity contribution in [1.29, 1.82) is 0 Å². The molecule has 0 saturated heterocycles. The largest absolute Gasteiger partial charge is 0.496 e. The summed E-state index contributed by atoms with van der Waals surface area (Å²) in [5.41, 5.74) is 3.91. The molecule has 0 aliphatic heterocycles. The van der Waals surface area contributed by atoms with Crippen LogP contribution in [0.4, 0.5) is 0 Å². The quantitative estimate of drug-likeness (QED) is 0.576. The highest BCUT2D eigenvalue weighted by atomic mass is 16.5. The Morgan fingerprint density at radius 1 is 1.28 bits per heavy atom. The van der Waals surface area contributed by atoms with Gasteiger partial charge in [0, 0.05) is 0 Å². The predicted octanol–water partition coefficient (Wildman–Crippen LogP) is 2.40. The van der Waals surface area contributed by atoms with Crippen LogP contribution in [0.25, 0.3) is 0 Å². The summed E-state index contributed by atoms with van der Waals surface area (Å²) in [5.74, 6) is 8.24. The molecule has 100 valence electrons. The van der Waals surface area contributed by atoms with Crippen molar-refractivity contribution in [2.75, 3.05) is 14.2 Å². The molecule has 0 spiro atoms. The number of methoxy groups -OCH3 is 2. The van der Waals surface area contributed by atoms with Crippen LogP contribution in [0.1, 0.15) is 37.3 Å². The van der Waals surface area contributed by atoms with E-state index in [4.69, 9.17) is 15.3 Å². The lowest BCUT2D eigenvalue weighted by Crippen LogP contribution is -2.28. The molecule has 1 aliphatic rings. The second-order valence-electron chi connectivity index (χ2n) is 4.82. The molecule has 1 aromatic rings. The Balaban J connectivity index is 2.20. The second-order valence-corrected chi connectivity index (χ2v) is 4.82. The van der Waals surface area contributed by atoms with Crippen molar-refractivity contribution in [3.63, 3.8) is 0 Å². The highest BCUT2D eigenvalue weighted by Crippen LogP contribution is 2.40. The SMILES string of the molecule is COc1cccc(OC)c1C(CCC1CC1)NN. The van der Waals surface area contributed by atoms with Crippen LogP contribution in [-0.4, -0.2) is 14.2 Å². The van der Waals surface area contributed by atoms with Gasteiger partial charge in [0.05, 0.1) is 25.8 Å². The zero-order chi connectivity index (χ0) is 13.0. The number of nitrogens with two attached hydrogens (primary N) is 1. The summed E-state index contributed by atoms with van der Waals surface area (Å²) in [6, 6.07) is 5.89. The molecule has 1 atom stereocenters. The third-order valence-electron chi connectivity index (χ3n) is 3.58. The number of benzene rings is 1. The van der Waals surface area contributed by atoms with E-state index in [-0.39, 0.29) is 6.04 Å². The maximum Gasteiger partial charge on any atom is 0.127 e. The maximum atomic E-state index is 5.70. The Bertz CT molecular complexity index is 369. The first-order valence-electron chi connectivity index (χ1n) is 6.47. The predicted molar refractivity (Wildman–Crippen MR) is 71.6 cm³/mol. The van der Waals surface area contributed by atoms with Gasteiger partial charge < -0.3 is 9.47 Å². The van der Waals surface area contributed by atoms with Crippen LogP contribution in [0.5, 0.6) is 11.5 Å². The number of hydrogen-bond acceptors (Lipinski definition) is 4. The molecule has 0 amide bonds. The van der Waals surface area contributed by atoms with Gasteiger partial charge in [0.25, 0.3) is 0 Å². The lowest BCUT2D eigenvalue weighted by Gasteiger charge is -2.21. The number of nitrogens with one attached hydrogen (secondary N) is 1. The number of ether oxygens (including phenoxy) is 2. The zero-order valence-corrected chi connectivity index (χ0v) is 11.1. The molecule has 1 unspecified atom stereocenters. The van der Waals surface area contributed by atoms with Gasteiger partial charge in [0.15, 0.2) is 0 Å². The third kappa shape index (κ3) is 2.94. The smallest absolute Gasteiger partial charge is 0.127 e. The number of hydrazine groups is 1. The Hall–Kier alpha value is -1.26. The van der Waals surface area contributed by atoms with E-state index in [1.165, 1.54) is 19.3 Å². The van der Waals surface area contributed by atoms with Gasteiger partial charge >= 0.3 is 0 Å². The van der Waals surface area contributed by atoms with Crippen molar-refractivity contribution in [1.82, 2.24) is 5.43 Å². The zero-order valence-electron chi connectivity index (χ0n) is 11.1. The standard InChI is InChI=1S/C14H22N2O2/c1-17-12-4-3-5-13(18-2)14(12)11(16-15)9-8-10-6-7-10/h3-5,10-11,16H,6-9,15H2,1-2H3. The Morgan fingerprint density at radius 2 is 1.89 bits per heavy atom. The molecule has 1 saturated carbocycles. The van der Waals surface area contributed by atoms with Crippen molar-refractivity contribution in [2.45, 2.75) is 31.7 Å². The van der Waals surface area contributed by atoms with Gasteiger partial charge in [-0.15, -0.1) is 0 Å². The van der Waals surface area contributed by atoms with Crippen LogP contribution < -0.4 is 20.7 Å². The van der Waals surface area contributed by atoms with E-state index in [0.717, 1.165) is 29.4 Å². The highest BCUT2D eigenvalue weighted by molar-refractivity contribution is 5.46. The van der Waals surface area contributed by atoms with Gasteiger partial charge in [0.1, 0.15) is 11.5 Å².